The number of nitrogens with zero attached hydrogens (tertiary/aromatic N) is 4. The van der Waals surface area contributed by atoms with Crippen molar-refractivity contribution < 1.29 is 4.74 Å². The molecule has 1 aromatic heterocycles. The second-order valence-corrected chi connectivity index (χ2v) is 7.90. The van der Waals surface area contributed by atoms with Crippen molar-refractivity contribution in [3.8, 4) is 0 Å². The Morgan fingerprint density at radius 2 is 1.84 bits per heavy atom. The van der Waals surface area contributed by atoms with Gasteiger partial charge in [0.2, 0.25) is 5.95 Å². The Balaban J connectivity index is 1.82. The number of hydrogen-bond acceptors (Lipinski definition) is 6. The van der Waals surface area contributed by atoms with E-state index in [0.717, 1.165) is 70.0 Å². The zero-order valence-electron chi connectivity index (χ0n) is 16.2. The molecule has 0 unspecified atom stereocenters. The molecule has 140 valence electrons. The Kier molecular flexibility index (Phi) is 6.12. The number of hydrogen-bond donors (Lipinski definition) is 1. The van der Waals surface area contributed by atoms with Gasteiger partial charge in [-0.25, -0.2) is 4.98 Å². The molecule has 0 bridgehead atoms. The highest BCUT2D eigenvalue weighted by molar-refractivity contribution is 5.52. The molecule has 2 aliphatic rings. The van der Waals surface area contributed by atoms with Gasteiger partial charge >= 0.3 is 0 Å². The molecule has 1 fully saturated rings. The Morgan fingerprint density at radius 1 is 1.08 bits per heavy atom. The molecule has 0 aliphatic carbocycles. The van der Waals surface area contributed by atoms with Crippen molar-refractivity contribution in [1.82, 2.24) is 14.9 Å². The lowest BCUT2D eigenvalue weighted by molar-refractivity contribution is 0.122. The van der Waals surface area contributed by atoms with Gasteiger partial charge in [0.25, 0.3) is 0 Å². The Morgan fingerprint density at radius 3 is 2.52 bits per heavy atom. The smallest absolute Gasteiger partial charge is 0.227 e. The van der Waals surface area contributed by atoms with Gasteiger partial charge in [0.1, 0.15) is 5.82 Å². The summed E-state index contributed by atoms with van der Waals surface area (Å²) in [4.78, 5) is 14.6. The third-order valence-electron chi connectivity index (χ3n) is 4.87. The normalized spacial score (nSPS) is 18.7. The molecule has 1 N–H and O–H groups in total. The molecule has 25 heavy (non-hydrogen) atoms. The lowest BCUT2D eigenvalue weighted by atomic mass is 10.0. The Bertz CT molecular complexity index is 569. The average molecular weight is 348 g/mol. The first kappa shape index (κ1) is 18.4. The van der Waals surface area contributed by atoms with Crippen LogP contribution >= 0.6 is 0 Å². The van der Waals surface area contributed by atoms with E-state index >= 15 is 0 Å². The van der Waals surface area contributed by atoms with Crippen molar-refractivity contribution in [1.29, 1.82) is 0 Å². The molecule has 6 nitrogen and oxygen atoms in total. The quantitative estimate of drug-likeness (QED) is 0.853. The number of fused-ring (bicyclic) bond motifs is 1. The van der Waals surface area contributed by atoms with Crippen molar-refractivity contribution in [2.75, 3.05) is 49.6 Å². The summed E-state index contributed by atoms with van der Waals surface area (Å²) in [5.74, 6) is 2.63. The minimum Gasteiger partial charge on any atom is -0.378 e. The second kappa shape index (κ2) is 8.32. The molecular formula is C19H33N5O. The van der Waals surface area contributed by atoms with E-state index in [0.29, 0.717) is 6.04 Å². The van der Waals surface area contributed by atoms with Gasteiger partial charge in [0.15, 0.2) is 0 Å². The van der Waals surface area contributed by atoms with Gasteiger partial charge < -0.3 is 15.0 Å². The van der Waals surface area contributed by atoms with E-state index in [1.807, 2.05) is 0 Å². The molecule has 3 rings (SSSR count). The average Bonchev–Trinajstić information content (AvgIpc) is 2.60. The fraction of sp³-hybridized carbons (Fsp3) is 0.789. The summed E-state index contributed by atoms with van der Waals surface area (Å²) in [6.07, 6.45) is 2.26. The van der Waals surface area contributed by atoms with Crippen molar-refractivity contribution in [3.05, 3.63) is 11.3 Å². The van der Waals surface area contributed by atoms with Crippen molar-refractivity contribution in [3.63, 3.8) is 0 Å². The molecule has 6 heteroatoms. The molecule has 3 heterocycles. The van der Waals surface area contributed by atoms with E-state index in [1.54, 1.807) is 0 Å². The summed E-state index contributed by atoms with van der Waals surface area (Å²) in [6, 6.07) is 0.363. The predicted octanol–water partition coefficient (Wildman–Crippen LogP) is 2.54. The van der Waals surface area contributed by atoms with Crippen LogP contribution in [0.2, 0.25) is 0 Å². The number of rotatable bonds is 6. The summed E-state index contributed by atoms with van der Waals surface area (Å²) >= 11 is 0. The first-order valence-electron chi connectivity index (χ1n) is 9.74. The maximum Gasteiger partial charge on any atom is 0.227 e. The van der Waals surface area contributed by atoms with Gasteiger partial charge in [-0.15, -0.1) is 0 Å². The lowest BCUT2D eigenvalue weighted by Gasteiger charge is -2.32. The van der Waals surface area contributed by atoms with Crippen LogP contribution in [0.15, 0.2) is 0 Å². The van der Waals surface area contributed by atoms with E-state index in [1.165, 1.54) is 17.7 Å². The summed E-state index contributed by atoms with van der Waals surface area (Å²) in [5, 5.41) is 3.56. The predicted molar refractivity (Wildman–Crippen MR) is 102 cm³/mol. The molecule has 1 aromatic rings. The van der Waals surface area contributed by atoms with Crippen LogP contribution < -0.4 is 10.2 Å². The SMILES string of the molecule is CC(C)CCN1CCc2nc(N3CCOCC3)nc(NC(C)C)c2C1. The van der Waals surface area contributed by atoms with Gasteiger partial charge in [-0.3, -0.25) is 4.90 Å². The molecule has 0 spiro atoms. The number of nitrogens with one attached hydrogen (secondary N) is 1. The number of ether oxygens (including phenoxy) is 1. The van der Waals surface area contributed by atoms with Crippen LogP contribution in [-0.2, 0) is 17.7 Å². The number of anilines is 2. The third kappa shape index (κ3) is 4.82. The molecule has 0 amide bonds. The molecule has 0 aromatic carbocycles. The van der Waals surface area contributed by atoms with Crippen LogP contribution in [-0.4, -0.2) is 60.3 Å². The van der Waals surface area contributed by atoms with Gasteiger partial charge in [-0.2, -0.15) is 4.98 Å². The van der Waals surface area contributed by atoms with Crippen LogP contribution in [0.25, 0.3) is 0 Å². The number of morpholine rings is 1. The first-order chi connectivity index (χ1) is 12.0. The van der Waals surface area contributed by atoms with Crippen LogP contribution in [0.1, 0.15) is 45.4 Å². The van der Waals surface area contributed by atoms with Crippen molar-refractivity contribution in [2.45, 2.75) is 53.1 Å². The summed E-state index contributed by atoms with van der Waals surface area (Å²) in [5.41, 5.74) is 2.51. The topological polar surface area (TPSA) is 53.5 Å². The van der Waals surface area contributed by atoms with Crippen molar-refractivity contribution in [2.24, 2.45) is 5.92 Å². The lowest BCUT2D eigenvalue weighted by Crippen LogP contribution is -2.39. The standard InChI is InChI=1S/C19H33N5O/c1-14(2)5-7-23-8-6-17-16(13-23)18(20-15(3)4)22-19(21-17)24-9-11-25-12-10-24/h14-15H,5-13H2,1-4H3,(H,20,21,22). The largest absolute Gasteiger partial charge is 0.378 e. The summed E-state index contributed by atoms with van der Waals surface area (Å²) in [7, 11) is 0. The van der Waals surface area contributed by atoms with E-state index < -0.39 is 0 Å². The Hall–Kier alpha value is -1.40. The highest BCUT2D eigenvalue weighted by atomic mass is 16.5. The third-order valence-corrected chi connectivity index (χ3v) is 4.87. The van der Waals surface area contributed by atoms with Crippen molar-refractivity contribution >= 4 is 11.8 Å². The maximum absolute atomic E-state index is 5.47. The van der Waals surface area contributed by atoms with Gasteiger partial charge in [0, 0.05) is 44.2 Å². The van der Waals surface area contributed by atoms with E-state index in [2.05, 4.69) is 42.8 Å². The highest BCUT2D eigenvalue weighted by Gasteiger charge is 2.25. The molecule has 0 saturated carbocycles. The highest BCUT2D eigenvalue weighted by Crippen LogP contribution is 2.27. The van der Waals surface area contributed by atoms with Gasteiger partial charge in [-0.1, -0.05) is 13.8 Å². The summed E-state index contributed by atoms with van der Waals surface area (Å²) in [6.45, 7) is 15.4. The zero-order chi connectivity index (χ0) is 17.8. The van der Waals surface area contributed by atoms with Crippen LogP contribution in [0.4, 0.5) is 11.8 Å². The zero-order valence-corrected chi connectivity index (χ0v) is 16.2. The number of aromatic nitrogens is 2. The monoisotopic (exact) mass is 347 g/mol. The fourth-order valence-electron chi connectivity index (χ4n) is 3.39. The summed E-state index contributed by atoms with van der Waals surface area (Å²) < 4.78 is 5.47. The second-order valence-electron chi connectivity index (χ2n) is 7.90. The minimum absolute atomic E-state index is 0.363. The Labute approximate surface area is 152 Å². The van der Waals surface area contributed by atoms with Gasteiger partial charge in [-0.05, 0) is 32.7 Å². The van der Waals surface area contributed by atoms with Gasteiger partial charge in [0.05, 0.1) is 18.9 Å². The fourth-order valence-corrected chi connectivity index (χ4v) is 3.39. The minimum atomic E-state index is 0.363. The molecule has 2 aliphatic heterocycles. The van der Waals surface area contributed by atoms with Crippen LogP contribution in [0, 0.1) is 5.92 Å². The molecule has 0 radical (unpaired) electrons. The molecule has 0 atom stereocenters. The van der Waals surface area contributed by atoms with E-state index in [9.17, 15) is 0 Å². The molecule has 1 saturated heterocycles. The van der Waals surface area contributed by atoms with Crippen LogP contribution in [0.5, 0.6) is 0 Å². The van der Waals surface area contributed by atoms with E-state index in [-0.39, 0.29) is 0 Å². The van der Waals surface area contributed by atoms with Crippen LogP contribution in [0.3, 0.4) is 0 Å². The first-order valence-corrected chi connectivity index (χ1v) is 9.74. The maximum atomic E-state index is 5.47. The molecular weight excluding hydrogens is 314 g/mol. The van der Waals surface area contributed by atoms with E-state index in [4.69, 9.17) is 14.7 Å².